The standard InChI is InChI=1S/C20H21N3O3/c1-26-17-5-3-2-4-13(17)16-11-21-19-14(16)6-7-18(22-19)23-20(25)15-10-12(15)8-9-24/h2-7,11-12,15,24H,8-10H2,1H3,(H2,21,22,23,25). The van der Waals surface area contributed by atoms with E-state index in [0.717, 1.165) is 28.7 Å². The summed E-state index contributed by atoms with van der Waals surface area (Å²) in [7, 11) is 1.65. The van der Waals surface area contributed by atoms with Crippen LogP contribution >= 0.6 is 0 Å². The lowest BCUT2D eigenvalue weighted by atomic mass is 10.0. The number of benzene rings is 1. The number of aromatic amines is 1. The summed E-state index contributed by atoms with van der Waals surface area (Å²) in [6.45, 7) is 0.132. The number of amides is 1. The van der Waals surface area contributed by atoms with Gasteiger partial charge >= 0.3 is 0 Å². The second-order valence-corrected chi connectivity index (χ2v) is 6.60. The maximum atomic E-state index is 12.2. The molecule has 0 radical (unpaired) electrons. The van der Waals surface area contributed by atoms with Crippen molar-refractivity contribution >= 4 is 22.8 Å². The minimum atomic E-state index is -0.0215. The van der Waals surface area contributed by atoms with E-state index < -0.39 is 0 Å². The van der Waals surface area contributed by atoms with Gasteiger partial charge in [-0.05, 0) is 37.0 Å². The fourth-order valence-electron chi connectivity index (χ4n) is 3.44. The average Bonchev–Trinajstić information content (AvgIpc) is 3.31. The molecule has 1 saturated carbocycles. The Balaban J connectivity index is 1.57. The number of aromatic nitrogens is 2. The van der Waals surface area contributed by atoms with Gasteiger partial charge in [0.2, 0.25) is 5.91 Å². The molecule has 3 aromatic rings. The minimum absolute atomic E-state index is 0.00701. The number of methoxy groups -OCH3 is 1. The van der Waals surface area contributed by atoms with Crippen molar-refractivity contribution in [3.05, 3.63) is 42.6 Å². The summed E-state index contributed by atoms with van der Waals surface area (Å²) in [6, 6.07) is 11.6. The number of nitrogens with zero attached hydrogens (tertiary/aromatic N) is 1. The molecule has 1 aliphatic carbocycles. The molecule has 0 bridgehead atoms. The van der Waals surface area contributed by atoms with Crippen LogP contribution in [0.15, 0.2) is 42.6 Å². The third kappa shape index (κ3) is 3.04. The molecule has 2 heterocycles. The zero-order chi connectivity index (χ0) is 18.1. The van der Waals surface area contributed by atoms with Gasteiger partial charge in [-0.3, -0.25) is 4.79 Å². The first kappa shape index (κ1) is 16.6. The van der Waals surface area contributed by atoms with E-state index in [1.165, 1.54) is 0 Å². The van der Waals surface area contributed by atoms with E-state index in [-0.39, 0.29) is 18.4 Å². The number of hydrogen-bond acceptors (Lipinski definition) is 4. The van der Waals surface area contributed by atoms with Crippen molar-refractivity contribution in [2.24, 2.45) is 11.8 Å². The zero-order valence-electron chi connectivity index (χ0n) is 14.5. The summed E-state index contributed by atoms with van der Waals surface area (Å²) in [4.78, 5) is 19.9. The third-order valence-electron chi connectivity index (χ3n) is 4.95. The van der Waals surface area contributed by atoms with E-state index in [1.807, 2.05) is 42.6 Å². The molecule has 4 rings (SSSR count). The van der Waals surface area contributed by atoms with Crippen molar-refractivity contribution < 1.29 is 14.6 Å². The normalized spacial score (nSPS) is 18.7. The number of para-hydroxylation sites is 1. The predicted octanol–water partition coefficient (Wildman–Crippen LogP) is 3.20. The molecule has 26 heavy (non-hydrogen) atoms. The van der Waals surface area contributed by atoms with E-state index in [9.17, 15) is 4.79 Å². The number of anilines is 1. The number of pyridine rings is 1. The lowest BCUT2D eigenvalue weighted by Gasteiger charge is -2.07. The molecule has 6 nitrogen and oxygen atoms in total. The number of aliphatic hydroxyl groups excluding tert-OH is 1. The lowest BCUT2D eigenvalue weighted by molar-refractivity contribution is -0.117. The predicted molar refractivity (Wildman–Crippen MR) is 100 cm³/mol. The van der Waals surface area contributed by atoms with Crippen LogP contribution < -0.4 is 10.1 Å². The number of aliphatic hydroxyl groups is 1. The molecule has 1 fully saturated rings. The van der Waals surface area contributed by atoms with Crippen molar-refractivity contribution in [2.45, 2.75) is 12.8 Å². The van der Waals surface area contributed by atoms with Gasteiger partial charge in [-0.1, -0.05) is 18.2 Å². The fourth-order valence-corrected chi connectivity index (χ4v) is 3.44. The van der Waals surface area contributed by atoms with Gasteiger partial charge in [0.1, 0.15) is 17.2 Å². The molecule has 0 saturated heterocycles. The Hall–Kier alpha value is -2.86. The number of fused-ring (bicyclic) bond motifs is 1. The minimum Gasteiger partial charge on any atom is -0.496 e. The number of carbonyl (C=O) groups excluding carboxylic acids is 1. The molecule has 3 N–H and O–H groups in total. The van der Waals surface area contributed by atoms with Gasteiger partial charge in [-0.2, -0.15) is 0 Å². The zero-order valence-corrected chi connectivity index (χ0v) is 14.5. The SMILES string of the molecule is COc1ccccc1-c1c[nH]c2nc(NC(=O)C3CC3CCO)ccc12. The Kier molecular flexibility index (Phi) is 4.34. The molecular weight excluding hydrogens is 330 g/mol. The highest BCUT2D eigenvalue weighted by Crippen LogP contribution is 2.41. The smallest absolute Gasteiger partial charge is 0.228 e. The number of rotatable bonds is 6. The van der Waals surface area contributed by atoms with Gasteiger partial charge in [0.05, 0.1) is 7.11 Å². The average molecular weight is 351 g/mol. The number of hydrogen-bond donors (Lipinski definition) is 3. The van der Waals surface area contributed by atoms with E-state index >= 15 is 0 Å². The van der Waals surface area contributed by atoms with Gasteiger partial charge < -0.3 is 20.1 Å². The highest BCUT2D eigenvalue weighted by atomic mass is 16.5. The second kappa shape index (κ2) is 6.80. The van der Waals surface area contributed by atoms with Crippen molar-refractivity contribution in [2.75, 3.05) is 19.0 Å². The van der Waals surface area contributed by atoms with Gasteiger partial charge in [-0.15, -0.1) is 0 Å². The molecule has 2 aromatic heterocycles. The topological polar surface area (TPSA) is 87.2 Å². The highest BCUT2D eigenvalue weighted by Gasteiger charge is 2.42. The maximum Gasteiger partial charge on any atom is 0.228 e. The fraction of sp³-hybridized carbons (Fsp3) is 0.300. The van der Waals surface area contributed by atoms with Crippen LogP contribution in [0.25, 0.3) is 22.2 Å². The van der Waals surface area contributed by atoms with E-state index in [1.54, 1.807) is 7.11 Å². The van der Waals surface area contributed by atoms with Crippen LogP contribution in [0.2, 0.25) is 0 Å². The van der Waals surface area contributed by atoms with Crippen LogP contribution in [0, 0.1) is 11.8 Å². The summed E-state index contributed by atoms with van der Waals surface area (Å²) in [6.07, 6.45) is 3.43. The molecule has 2 unspecified atom stereocenters. The molecule has 1 aliphatic rings. The van der Waals surface area contributed by atoms with Crippen LogP contribution in [-0.2, 0) is 4.79 Å². The summed E-state index contributed by atoms with van der Waals surface area (Å²) < 4.78 is 5.45. The molecule has 2 atom stereocenters. The van der Waals surface area contributed by atoms with Crippen molar-refractivity contribution in [1.82, 2.24) is 9.97 Å². The maximum absolute atomic E-state index is 12.2. The number of nitrogens with one attached hydrogen (secondary N) is 2. The van der Waals surface area contributed by atoms with Crippen molar-refractivity contribution in [1.29, 1.82) is 0 Å². The second-order valence-electron chi connectivity index (χ2n) is 6.60. The largest absolute Gasteiger partial charge is 0.496 e. The lowest BCUT2D eigenvalue weighted by Crippen LogP contribution is -2.15. The molecule has 0 spiro atoms. The summed E-state index contributed by atoms with van der Waals surface area (Å²) in [5.74, 6) is 1.60. The highest BCUT2D eigenvalue weighted by molar-refractivity contribution is 5.98. The van der Waals surface area contributed by atoms with Crippen LogP contribution in [0.3, 0.4) is 0 Å². The molecule has 0 aliphatic heterocycles. The number of H-pyrrole nitrogens is 1. The Morgan fingerprint density at radius 2 is 2.15 bits per heavy atom. The van der Waals surface area contributed by atoms with Crippen LogP contribution in [0.1, 0.15) is 12.8 Å². The number of ether oxygens (including phenoxy) is 1. The summed E-state index contributed by atoms with van der Waals surface area (Å²) >= 11 is 0. The van der Waals surface area contributed by atoms with Crippen LogP contribution in [-0.4, -0.2) is 34.7 Å². The van der Waals surface area contributed by atoms with Crippen molar-refractivity contribution in [3.63, 3.8) is 0 Å². The Morgan fingerprint density at radius 1 is 1.31 bits per heavy atom. The molecule has 134 valence electrons. The molecule has 1 amide bonds. The molecule has 1 aromatic carbocycles. The van der Waals surface area contributed by atoms with Crippen molar-refractivity contribution in [3.8, 4) is 16.9 Å². The Morgan fingerprint density at radius 3 is 2.96 bits per heavy atom. The van der Waals surface area contributed by atoms with Gasteiger partial charge in [0, 0.05) is 35.2 Å². The molecular formula is C20H21N3O3. The van der Waals surface area contributed by atoms with Gasteiger partial charge in [-0.25, -0.2) is 4.98 Å². The van der Waals surface area contributed by atoms with E-state index in [2.05, 4.69) is 15.3 Å². The van der Waals surface area contributed by atoms with Gasteiger partial charge in [0.15, 0.2) is 0 Å². The van der Waals surface area contributed by atoms with E-state index in [4.69, 9.17) is 9.84 Å². The quantitative estimate of drug-likeness (QED) is 0.636. The van der Waals surface area contributed by atoms with E-state index in [0.29, 0.717) is 23.8 Å². The first-order valence-corrected chi connectivity index (χ1v) is 8.74. The monoisotopic (exact) mass is 351 g/mol. The first-order valence-electron chi connectivity index (χ1n) is 8.74. The van der Waals surface area contributed by atoms with Gasteiger partial charge in [0.25, 0.3) is 0 Å². The number of carbonyl (C=O) groups is 1. The summed E-state index contributed by atoms with van der Waals surface area (Å²) in [5.41, 5.74) is 2.71. The van der Waals surface area contributed by atoms with Crippen LogP contribution in [0.5, 0.6) is 5.75 Å². The summed E-state index contributed by atoms with van der Waals surface area (Å²) in [5, 5.41) is 12.8. The Bertz CT molecular complexity index is 950. The van der Waals surface area contributed by atoms with Crippen LogP contribution in [0.4, 0.5) is 5.82 Å². The first-order chi connectivity index (χ1) is 12.7. The Labute approximate surface area is 151 Å². The molecule has 6 heteroatoms. The third-order valence-corrected chi connectivity index (χ3v) is 4.95.